The number of amides is 1. The first-order valence-corrected chi connectivity index (χ1v) is 5.60. The summed E-state index contributed by atoms with van der Waals surface area (Å²) in [6.07, 6.45) is 0. The normalized spacial score (nSPS) is 10.9. The van der Waals surface area contributed by atoms with Crippen LogP contribution in [-0.4, -0.2) is 22.4 Å². The minimum atomic E-state index is -0.513. The van der Waals surface area contributed by atoms with Crippen LogP contribution in [0, 0.1) is 0 Å². The largest absolute Gasteiger partial charge is 0.426 e. The fourth-order valence-corrected chi connectivity index (χ4v) is 1.32. The molecule has 0 spiro atoms. The van der Waals surface area contributed by atoms with E-state index < -0.39 is 11.5 Å². The molecule has 0 heterocycles. The zero-order chi connectivity index (χ0) is 13.9. The van der Waals surface area contributed by atoms with Crippen LogP contribution in [0.15, 0.2) is 24.3 Å². The third-order valence-corrected chi connectivity index (χ3v) is 2.31. The maximum Gasteiger partial charge on any atom is 0.308 e. The van der Waals surface area contributed by atoms with E-state index in [-0.39, 0.29) is 17.2 Å². The lowest BCUT2D eigenvalue weighted by Gasteiger charge is -2.31. The van der Waals surface area contributed by atoms with Gasteiger partial charge in [-0.2, -0.15) is 0 Å². The van der Waals surface area contributed by atoms with Gasteiger partial charge in [0.25, 0.3) is 5.91 Å². The fraction of sp³-hybridized carbons (Fsp3) is 0.385. The molecule has 5 heteroatoms. The minimum absolute atomic E-state index is 0.217. The molecule has 0 saturated heterocycles. The quantitative estimate of drug-likeness (QED) is 0.285. The molecule has 1 aromatic carbocycles. The van der Waals surface area contributed by atoms with E-state index in [1.54, 1.807) is 24.3 Å². The Bertz CT molecular complexity index is 464. The summed E-state index contributed by atoms with van der Waals surface area (Å²) in [5.41, 5.74) is -0.245. The van der Waals surface area contributed by atoms with Crippen LogP contribution < -0.4 is 10.6 Å². The van der Waals surface area contributed by atoms with Crippen molar-refractivity contribution in [2.75, 3.05) is 0 Å². The molecule has 0 aromatic heterocycles. The second kappa shape index (κ2) is 5.18. The molecule has 1 aromatic rings. The van der Waals surface area contributed by atoms with Gasteiger partial charge in [-0.1, -0.05) is 12.1 Å². The van der Waals surface area contributed by atoms with Gasteiger partial charge in [0.1, 0.15) is 5.75 Å². The van der Waals surface area contributed by atoms with E-state index in [1.165, 1.54) is 6.92 Å². The Morgan fingerprint density at radius 2 is 1.78 bits per heavy atom. The molecule has 0 aliphatic carbocycles. The van der Waals surface area contributed by atoms with Gasteiger partial charge in [0.2, 0.25) is 0 Å². The average molecular weight is 250 g/mol. The monoisotopic (exact) mass is 250 g/mol. The molecule has 0 unspecified atom stereocenters. The molecular weight excluding hydrogens is 232 g/mol. The number of carbonyl (C=O) groups excluding carboxylic acids is 2. The van der Waals surface area contributed by atoms with Crippen LogP contribution in [-0.2, 0) is 4.79 Å². The number of hydrogen-bond acceptors (Lipinski definition) is 4. The van der Waals surface area contributed by atoms with Gasteiger partial charge in [-0.3, -0.25) is 14.6 Å². The standard InChI is InChI=1S/C13H18N2O3/c1-9(16)18-11-8-6-5-7-10(11)12(17)15(14)13(2,3)4/h5-8H,14H2,1-4H3. The number of esters is 1. The van der Waals surface area contributed by atoms with Crippen molar-refractivity contribution in [2.24, 2.45) is 5.84 Å². The van der Waals surface area contributed by atoms with Crippen molar-refractivity contribution in [2.45, 2.75) is 33.2 Å². The van der Waals surface area contributed by atoms with Crippen LogP contribution in [0.1, 0.15) is 38.1 Å². The van der Waals surface area contributed by atoms with Crippen molar-refractivity contribution < 1.29 is 14.3 Å². The predicted octanol–water partition coefficient (Wildman–Crippen LogP) is 1.73. The average Bonchev–Trinajstić information content (AvgIpc) is 2.26. The topological polar surface area (TPSA) is 72.6 Å². The Morgan fingerprint density at radius 3 is 2.28 bits per heavy atom. The highest BCUT2D eigenvalue weighted by Gasteiger charge is 2.26. The zero-order valence-electron chi connectivity index (χ0n) is 11.1. The molecule has 0 fully saturated rings. The van der Waals surface area contributed by atoms with Crippen LogP contribution in [0.4, 0.5) is 0 Å². The lowest BCUT2D eigenvalue weighted by atomic mass is 10.1. The number of benzene rings is 1. The molecule has 5 nitrogen and oxygen atoms in total. The van der Waals surface area contributed by atoms with Gasteiger partial charge in [-0.15, -0.1) is 0 Å². The van der Waals surface area contributed by atoms with E-state index in [0.717, 1.165) is 5.01 Å². The van der Waals surface area contributed by atoms with Crippen LogP contribution >= 0.6 is 0 Å². The number of ether oxygens (including phenoxy) is 1. The van der Waals surface area contributed by atoms with Gasteiger partial charge in [0.15, 0.2) is 0 Å². The van der Waals surface area contributed by atoms with Gasteiger partial charge in [0.05, 0.1) is 11.1 Å². The third-order valence-electron chi connectivity index (χ3n) is 2.31. The Kier molecular flexibility index (Phi) is 4.08. The summed E-state index contributed by atoms with van der Waals surface area (Å²) < 4.78 is 4.99. The number of nitrogens with zero attached hydrogens (tertiary/aromatic N) is 1. The Hall–Kier alpha value is -1.88. The SMILES string of the molecule is CC(=O)Oc1ccccc1C(=O)N(N)C(C)(C)C. The smallest absolute Gasteiger partial charge is 0.308 e. The van der Waals surface area contributed by atoms with Gasteiger partial charge in [0, 0.05) is 6.92 Å². The van der Waals surface area contributed by atoms with E-state index >= 15 is 0 Å². The molecule has 0 saturated carbocycles. The second-order valence-electron chi connectivity index (χ2n) is 4.94. The highest BCUT2D eigenvalue weighted by molar-refractivity contribution is 5.97. The highest BCUT2D eigenvalue weighted by Crippen LogP contribution is 2.22. The second-order valence-corrected chi connectivity index (χ2v) is 4.94. The molecule has 0 aliphatic rings. The fourth-order valence-electron chi connectivity index (χ4n) is 1.32. The first-order chi connectivity index (χ1) is 8.23. The summed E-state index contributed by atoms with van der Waals surface area (Å²) in [5.74, 6) is 5.12. The van der Waals surface area contributed by atoms with E-state index in [4.69, 9.17) is 10.6 Å². The Balaban J connectivity index is 3.09. The molecule has 98 valence electrons. The van der Waals surface area contributed by atoms with Crippen molar-refractivity contribution in [3.05, 3.63) is 29.8 Å². The first kappa shape index (κ1) is 14.2. The number of carbonyl (C=O) groups is 2. The van der Waals surface area contributed by atoms with Gasteiger partial charge in [-0.05, 0) is 32.9 Å². The number of nitrogens with two attached hydrogens (primary N) is 1. The molecule has 2 N–H and O–H groups in total. The lowest BCUT2D eigenvalue weighted by molar-refractivity contribution is -0.131. The Morgan fingerprint density at radius 1 is 1.22 bits per heavy atom. The zero-order valence-corrected chi connectivity index (χ0v) is 11.1. The van der Waals surface area contributed by atoms with Gasteiger partial charge in [-0.25, -0.2) is 5.84 Å². The number of rotatable bonds is 2. The number of hydrazine groups is 1. The van der Waals surface area contributed by atoms with Crippen molar-refractivity contribution in [3.63, 3.8) is 0 Å². The lowest BCUT2D eigenvalue weighted by Crippen LogP contribution is -2.50. The Labute approximate surface area is 106 Å². The summed E-state index contributed by atoms with van der Waals surface area (Å²) in [4.78, 5) is 23.2. The molecule has 1 amide bonds. The van der Waals surface area contributed by atoms with E-state index in [0.29, 0.717) is 0 Å². The summed E-state index contributed by atoms with van der Waals surface area (Å²) in [6.45, 7) is 6.74. The molecule has 18 heavy (non-hydrogen) atoms. The number of para-hydroxylation sites is 1. The minimum Gasteiger partial charge on any atom is -0.426 e. The van der Waals surface area contributed by atoms with Crippen molar-refractivity contribution >= 4 is 11.9 Å². The molecular formula is C13H18N2O3. The van der Waals surface area contributed by atoms with E-state index in [9.17, 15) is 9.59 Å². The summed E-state index contributed by atoms with van der Waals surface area (Å²) >= 11 is 0. The molecule has 0 atom stereocenters. The van der Waals surface area contributed by atoms with Crippen LogP contribution in [0.5, 0.6) is 5.75 Å². The molecule has 0 radical (unpaired) electrons. The summed E-state index contributed by atoms with van der Waals surface area (Å²) in [6, 6.07) is 6.51. The molecule has 0 bridgehead atoms. The highest BCUT2D eigenvalue weighted by atomic mass is 16.5. The van der Waals surface area contributed by atoms with Crippen LogP contribution in [0.2, 0.25) is 0 Å². The molecule has 0 aliphatic heterocycles. The molecule has 1 rings (SSSR count). The van der Waals surface area contributed by atoms with Gasteiger partial charge >= 0.3 is 5.97 Å². The van der Waals surface area contributed by atoms with Crippen molar-refractivity contribution in [1.29, 1.82) is 0 Å². The number of hydrogen-bond donors (Lipinski definition) is 1. The first-order valence-electron chi connectivity index (χ1n) is 5.60. The van der Waals surface area contributed by atoms with Crippen molar-refractivity contribution in [3.8, 4) is 5.75 Å². The van der Waals surface area contributed by atoms with Crippen molar-refractivity contribution in [1.82, 2.24) is 5.01 Å². The maximum atomic E-state index is 12.2. The van der Waals surface area contributed by atoms with E-state index in [2.05, 4.69) is 0 Å². The van der Waals surface area contributed by atoms with Gasteiger partial charge < -0.3 is 4.74 Å². The van der Waals surface area contributed by atoms with Crippen LogP contribution in [0.25, 0.3) is 0 Å². The van der Waals surface area contributed by atoms with Crippen LogP contribution in [0.3, 0.4) is 0 Å². The van der Waals surface area contributed by atoms with E-state index in [1.807, 2.05) is 20.8 Å². The maximum absolute atomic E-state index is 12.2. The summed E-state index contributed by atoms with van der Waals surface area (Å²) in [5, 5.41) is 1.12. The predicted molar refractivity (Wildman–Crippen MR) is 67.9 cm³/mol. The summed E-state index contributed by atoms with van der Waals surface area (Å²) in [7, 11) is 0. The third kappa shape index (κ3) is 3.30.